The van der Waals surface area contributed by atoms with Gasteiger partial charge in [0.05, 0.1) is 63.2 Å². The van der Waals surface area contributed by atoms with Gasteiger partial charge in [-0.2, -0.15) is 11.0 Å². The minimum atomic E-state index is -1.49. The Morgan fingerprint density at radius 2 is 1.34 bits per heavy atom. The first kappa shape index (κ1) is 68.2. The van der Waals surface area contributed by atoms with Crippen molar-refractivity contribution in [2.24, 2.45) is 39.1 Å². The maximum atomic E-state index is 13.8. The van der Waals surface area contributed by atoms with Gasteiger partial charge in [-0.15, -0.1) is 0 Å². The summed E-state index contributed by atoms with van der Waals surface area (Å²) >= 11 is 0. The van der Waals surface area contributed by atoms with Crippen LogP contribution in [0.1, 0.15) is 84.8 Å². The third-order valence-electron chi connectivity index (χ3n) is 16.1. The predicted molar refractivity (Wildman–Crippen MR) is 314 cm³/mol. The van der Waals surface area contributed by atoms with Gasteiger partial charge in [-0.3, -0.25) is 43.8 Å². The molecule has 2 saturated carbocycles. The highest BCUT2D eigenvalue weighted by molar-refractivity contribution is 5.91. The largest absolute Gasteiger partial charge is 0.484 e. The Morgan fingerprint density at radius 1 is 0.767 bits per heavy atom. The maximum absolute atomic E-state index is 13.8. The number of nitrogens with one attached hydrogen (secondary N) is 3. The number of fused-ring (bicyclic) bond motifs is 3. The number of rotatable bonds is 8. The second-order valence-electron chi connectivity index (χ2n) is 24.6. The van der Waals surface area contributed by atoms with E-state index in [0.29, 0.717) is 76.5 Å². The number of benzene rings is 2. The number of aliphatic hydroxyl groups excluding tert-OH is 4. The Labute approximate surface area is 504 Å². The zero-order chi connectivity index (χ0) is 62.1. The van der Waals surface area contributed by atoms with Crippen molar-refractivity contribution in [2.45, 2.75) is 116 Å². The number of hydrogen-bond acceptors (Lipinski definition) is 25. The number of nitrogens with zero attached hydrogens (tertiary/aromatic N) is 5. The molecule has 7 N–H and O–H groups in total. The fraction of sp³-hybridized carbons (Fsp3) is 0.700. The molecule has 0 saturated heterocycles. The molecule has 0 radical (unpaired) electrons. The summed E-state index contributed by atoms with van der Waals surface area (Å²) in [6, 6.07) is 9.67. The van der Waals surface area contributed by atoms with Gasteiger partial charge in [0.15, 0.2) is 19.5 Å². The lowest BCUT2D eigenvalue weighted by molar-refractivity contribution is -0.202. The van der Waals surface area contributed by atoms with E-state index in [0.717, 1.165) is 0 Å². The molecule has 2 aromatic carbocycles. The first-order valence-corrected chi connectivity index (χ1v) is 29.8. The van der Waals surface area contributed by atoms with Gasteiger partial charge in [0.1, 0.15) is 54.8 Å². The van der Waals surface area contributed by atoms with Crippen LogP contribution in [0.4, 0.5) is 0 Å². The second-order valence-corrected chi connectivity index (χ2v) is 24.6. The SMILES string of the molecule is CN=CC1OCC2CC(C(C)(C)C)C(O)C(O)C2OC(=O)COc2ccc3c(c2)OC(=O)C2C4c5ccc(cc5OC(=O)C4C32)OCC(=O)NCCN(CCO)CCNOCN(C(C)(C)C)CONCCN(CCO)CCN=CC(COC(C)C)O1. The van der Waals surface area contributed by atoms with Gasteiger partial charge in [0.25, 0.3) is 5.91 Å². The Bertz CT molecular complexity index is 2580. The summed E-state index contributed by atoms with van der Waals surface area (Å²) in [5, 5.41) is 45.6. The van der Waals surface area contributed by atoms with Crippen molar-refractivity contribution < 1.29 is 87.2 Å². The van der Waals surface area contributed by atoms with Crippen LogP contribution in [0.5, 0.6) is 23.0 Å². The number of hydrogen-bond donors (Lipinski definition) is 7. The molecule has 86 heavy (non-hydrogen) atoms. The summed E-state index contributed by atoms with van der Waals surface area (Å²) in [5.74, 6) is -5.00. The van der Waals surface area contributed by atoms with Gasteiger partial charge in [0.2, 0.25) is 0 Å². The average Bonchev–Trinajstić information content (AvgIpc) is 0.700. The monoisotopic (exact) mass is 1210 g/mol. The lowest BCUT2D eigenvalue weighted by atomic mass is 9.51. The summed E-state index contributed by atoms with van der Waals surface area (Å²) in [4.78, 5) is 80.7. The second kappa shape index (κ2) is 32.3. The molecular formula is C60H92N8O18. The number of ether oxygens (including phenoxy) is 8. The number of aliphatic hydroxyl groups is 4. The Morgan fingerprint density at radius 3 is 1.88 bits per heavy atom. The molecule has 11 atom stereocenters. The van der Waals surface area contributed by atoms with Crippen LogP contribution in [-0.2, 0) is 47.8 Å². The standard InChI is InChI=1S/C60H92N8O18/c1-37(2)77-32-41-29-62-14-18-66(22-24-69)20-16-64-81-35-68(60(6,7)8)36-82-65-17-21-67(23-25-70)19-15-63-47(71)33-78-39-10-12-42-45(27-39)84-57(75)52-50(42)53-51(52)43-13-11-40(28-46(43)85-58(53)76)79-34-48(72)86-56-38(31-80-49(83-41)30-61-9)26-44(59(3,4)5)54(73)55(56)74/h10-13,27-30,37-38,41,44,49-56,64-65,69-70,73-74H,14-26,31-36H2,1-9H3,(H,63,71). The van der Waals surface area contributed by atoms with Crippen LogP contribution in [0.25, 0.3) is 0 Å². The fourth-order valence-corrected chi connectivity index (χ4v) is 11.4. The van der Waals surface area contributed by atoms with Gasteiger partial charge in [-0.1, -0.05) is 32.9 Å². The molecule has 11 unspecified atom stereocenters. The van der Waals surface area contributed by atoms with E-state index < -0.39 is 96.1 Å². The third kappa shape index (κ3) is 18.9. The minimum Gasteiger partial charge on any atom is -0.484 e. The van der Waals surface area contributed by atoms with Gasteiger partial charge in [-0.05, 0) is 64.5 Å². The van der Waals surface area contributed by atoms with Gasteiger partial charge in [-0.25, -0.2) is 9.69 Å². The molecule has 26 heteroatoms. The smallest absolute Gasteiger partial charge is 0.344 e. The molecule has 1 amide bonds. The van der Waals surface area contributed by atoms with E-state index in [-0.39, 0.29) is 93.6 Å². The number of amides is 1. The van der Waals surface area contributed by atoms with E-state index in [2.05, 4.69) is 26.3 Å². The van der Waals surface area contributed by atoms with E-state index in [1.807, 2.05) is 70.1 Å². The average molecular weight is 1210 g/mol. The fourth-order valence-electron chi connectivity index (χ4n) is 11.4. The molecule has 0 aromatic heterocycles. The van der Waals surface area contributed by atoms with Crippen molar-refractivity contribution in [3.05, 3.63) is 47.5 Å². The predicted octanol–water partition coefficient (Wildman–Crippen LogP) is 1.41. The molecule has 5 aliphatic heterocycles. The van der Waals surface area contributed by atoms with Crippen LogP contribution in [-0.4, -0.2) is 239 Å². The lowest BCUT2D eigenvalue weighted by Crippen LogP contribution is -2.57. The quantitative estimate of drug-likeness (QED) is 0.112. The molecule has 5 heterocycles. The van der Waals surface area contributed by atoms with E-state index in [1.54, 1.807) is 37.5 Å². The normalized spacial score (nSPS) is 29.4. The Balaban J connectivity index is 1.06. The lowest BCUT2D eigenvalue weighted by Gasteiger charge is -2.53. The summed E-state index contributed by atoms with van der Waals surface area (Å²) in [6.07, 6.45) is -2.36. The Hall–Kier alpha value is -5.30. The number of esters is 3. The third-order valence-corrected chi connectivity index (χ3v) is 16.1. The highest BCUT2D eigenvalue weighted by Crippen LogP contribution is 2.64. The van der Waals surface area contributed by atoms with Crippen molar-refractivity contribution in [3.8, 4) is 23.0 Å². The molecule has 2 aliphatic carbocycles. The topological polar surface area (TPSA) is 312 Å². The van der Waals surface area contributed by atoms with E-state index in [9.17, 15) is 39.6 Å². The van der Waals surface area contributed by atoms with Gasteiger partial charge < -0.3 is 63.6 Å². The molecule has 9 bridgehead atoms. The number of hydroxylamine groups is 2. The summed E-state index contributed by atoms with van der Waals surface area (Å²) in [7, 11) is 1.58. The summed E-state index contributed by atoms with van der Waals surface area (Å²) in [5.41, 5.74) is 6.45. The van der Waals surface area contributed by atoms with Crippen LogP contribution < -0.4 is 35.2 Å². The van der Waals surface area contributed by atoms with Crippen LogP contribution in [0.15, 0.2) is 46.4 Å². The van der Waals surface area contributed by atoms with Crippen LogP contribution in [0.3, 0.4) is 0 Å². The van der Waals surface area contributed by atoms with Gasteiger partial charge in [0, 0.05) is 119 Å². The van der Waals surface area contributed by atoms with Crippen LogP contribution in [0.2, 0.25) is 0 Å². The molecule has 0 spiro atoms. The zero-order valence-corrected chi connectivity index (χ0v) is 51.2. The minimum absolute atomic E-state index is 0.0596. The van der Waals surface area contributed by atoms with E-state index in [1.165, 1.54) is 18.3 Å². The highest BCUT2D eigenvalue weighted by atomic mass is 16.7. The molecule has 9 rings (SSSR count). The van der Waals surface area contributed by atoms with Crippen molar-refractivity contribution in [3.63, 3.8) is 0 Å². The molecule has 26 nitrogen and oxygen atoms in total. The van der Waals surface area contributed by atoms with Crippen molar-refractivity contribution >= 4 is 36.2 Å². The van der Waals surface area contributed by atoms with Crippen molar-refractivity contribution in [1.29, 1.82) is 0 Å². The molecule has 7 aliphatic rings. The number of carbonyl (C=O) groups is 4. The van der Waals surface area contributed by atoms with E-state index >= 15 is 0 Å². The van der Waals surface area contributed by atoms with Crippen LogP contribution >= 0.6 is 0 Å². The van der Waals surface area contributed by atoms with Crippen molar-refractivity contribution in [2.75, 3.05) is 126 Å². The van der Waals surface area contributed by atoms with Crippen molar-refractivity contribution in [1.82, 2.24) is 31.0 Å². The zero-order valence-electron chi connectivity index (χ0n) is 51.2. The number of aliphatic imine (C=N–C) groups is 2. The number of carbonyl (C=O) groups excluding carboxylic acids is 4. The summed E-state index contributed by atoms with van der Waals surface area (Å²) < 4.78 is 48.1. The maximum Gasteiger partial charge on any atom is 0.344 e. The molecule has 2 fully saturated rings. The molecular weight excluding hydrogens is 1120 g/mol. The first-order valence-electron chi connectivity index (χ1n) is 29.8. The van der Waals surface area contributed by atoms with Crippen LogP contribution in [0, 0.1) is 29.1 Å². The highest BCUT2D eigenvalue weighted by Gasteiger charge is 2.64. The molecule has 2 aromatic rings. The van der Waals surface area contributed by atoms with Gasteiger partial charge >= 0.3 is 17.9 Å². The van der Waals surface area contributed by atoms with E-state index in [4.69, 9.17) is 47.6 Å². The summed E-state index contributed by atoms with van der Waals surface area (Å²) in [6.45, 7) is 19.5. The first-order chi connectivity index (χ1) is 41.1. The Kier molecular flexibility index (Phi) is 25.6. The molecule has 480 valence electrons.